The number of ether oxygens (including phenoxy) is 1. The number of benzene rings is 3. The highest BCUT2D eigenvalue weighted by Gasteiger charge is 2.14. The molecule has 0 radical (unpaired) electrons. The van der Waals surface area contributed by atoms with E-state index < -0.39 is 10.0 Å². The molecule has 148 valence electrons. The zero-order valence-corrected chi connectivity index (χ0v) is 17.9. The minimum atomic E-state index is -3.37. The molecule has 3 aromatic carbocycles. The lowest BCUT2D eigenvalue weighted by Gasteiger charge is -2.12. The molecule has 0 aliphatic carbocycles. The Labute approximate surface area is 177 Å². The van der Waals surface area contributed by atoms with E-state index in [1.165, 1.54) is 0 Å². The fourth-order valence-electron chi connectivity index (χ4n) is 3.06. The molecule has 4 aromatic rings. The van der Waals surface area contributed by atoms with Crippen molar-refractivity contribution in [3.63, 3.8) is 0 Å². The summed E-state index contributed by atoms with van der Waals surface area (Å²) in [6, 6.07) is 22.6. The third kappa shape index (κ3) is 4.60. The predicted molar refractivity (Wildman–Crippen MR) is 118 cm³/mol. The Hall–Kier alpha value is -2.84. The van der Waals surface area contributed by atoms with E-state index in [2.05, 4.69) is 20.7 Å². The van der Waals surface area contributed by atoms with Crippen molar-refractivity contribution in [2.75, 3.05) is 11.0 Å². The molecule has 0 atom stereocenters. The molecular weight excluding hydrogens is 454 g/mol. The summed E-state index contributed by atoms with van der Waals surface area (Å²) in [4.78, 5) is 4.72. The molecule has 1 N–H and O–H groups in total. The summed E-state index contributed by atoms with van der Waals surface area (Å²) in [5.41, 5.74) is 3.03. The van der Waals surface area contributed by atoms with Gasteiger partial charge in [-0.2, -0.15) is 0 Å². The lowest BCUT2D eigenvalue weighted by Crippen LogP contribution is -2.10. The number of anilines is 1. The van der Waals surface area contributed by atoms with Crippen molar-refractivity contribution in [3.05, 3.63) is 83.1 Å². The Kier molecular flexibility index (Phi) is 5.29. The number of fused-ring (bicyclic) bond motifs is 1. The number of hydrogen-bond acceptors (Lipinski definition) is 4. The van der Waals surface area contributed by atoms with E-state index in [4.69, 9.17) is 9.72 Å². The molecule has 0 aliphatic heterocycles. The molecular formula is C21H18BrN3O3S. The van der Waals surface area contributed by atoms with Gasteiger partial charge in [-0.1, -0.05) is 34.1 Å². The number of aromatic nitrogens is 2. The minimum absolute atomic E-state index is 0.264. The van der Waals surface area contributed by atoms with E-state index in [0.717, 1.165) is 33.2 Å². The van der Waals surface area contributed by atoms with Crippen molar-refractivity contribution in [2.45, 2.75) is 6.61 Å². The molecule has 1 aromatic heterocycles. The van der Waals surface area contributed by atoms with E-state index in [-0.39, 0.29) is 6.61 Å². The van der Waals surface area contributed by atoms with Gasteiger partial charge in [0.1, 0.15) is 12.4 Å². The molecule has 0 aliphatic rings. The van der Waals surface area contributed by atoms with Gasteiger partial charge < -0.3 is 4.74 Å². The van der Waals surface area contributed by atoms with Crippen LogP contribution in [0.15, 0.2) is 77.3 Å². The monoisotopic (exact) mass is 471 g/mol. The van der Waals surface area contributed by atoms with Crippen molar-refractivity contribution in [1.29, 1.82) is 0 Å². The van der Waals surface area contributed by atoms with Gasteiger partial charge in [-0.25, -0.2) is 13.4 Å². The highest BCUT2D eigenvalue weighted by Crippen LogP contribution is 2.25. The van der Waals surface area contributed by atoms with E-state index in [0.29, 0.717) is 11.5 Å². The first-order chi connectivity index (χ1) is 13.9. The maximum atomic E-state index is 11.6. The van der Waals surface area contributed by atoms with Gasteiger partial charge in [0.2, 0.25) is 10.0 Å². The number of nitrogens with zero attached hydrogens (tertiary/aromatic N) is 2. The normalized spacial score (nSPS) is 11.5. The molecule has 0 saturated carbocycles. The highest BCUT2D eigenvalue weighted by molar-refractivity contribution is 9.10. The maximum absolute atomic E-state index is 11.6. The fraction of sp³-hybridized carbons (Fsp3) is 0.0952. The second-order valence-electron chi connectivity index (χ2n) is 6.52. The van der Waals surface area contributed by atoms with Crippen molar-refractivity contribution in [3.8, 4) is 11.4 Å². The number of sulfonamides is 1. The van der Waals surface area contributed by atoms with Gasteiger partial charge in [-0.05, 0) is 54.6 Å². The minimum Gasteiger partial charge on any atom is -0.486 e. The summed E-state index contributed by atoms with van der Waals surface area (Å²) in [5, 5.41) is 0. The van der Waals surface area contributed by atoms with Crippen LogP contribution in [-0.2, 0) is 16.6 Å². The quantitative estimate of drug-likeness (QED) is 0.440. The summed E-state index contributed by atoms with van der Waals surface area (Å²) in [5.74, 6) is 1.45. The lowest BCUT2D eigenvalue weighted by molar-refractivity contribution is 0.294. The van der Waals surface area contributed by atoms with Crippen LogP contribution in [0.2, 0.25) is 0 Å². The topological polar surface area (TPSA) is 73.2 Å². The molecule has 0 saturated heterocycles. The zero-order valence-electron chi connectivity index (χ0n) is 15.5. The SMILES string of the molecule is CS(=O)(=O)Nc1cccc(-n2c(COc3ccc(Br)cc3)nc3ccccc32)c1. The summed E-state index contributed by atoms with van der Waals surface area (Å²) in [7, 11) is -3.37. The van der Waals surface area contributed by atoms with Gasteiger partial charge in [0.25, 0.3) is 0 Å². The van der Waals surface area contributed by atoms with Crippen LogP contribution < -0.4 is 9.46 Å². The van der Waals surface area contributed by atoms with Crippen LogP contribution in [0, 0.1) is 0 Å². The Balaban J connectivity index is 1.74. The van der Waals surface area contributed by atoms with Crippen molar-refractivity contribution in [1.82, 2.24) is 9.55 Å². The fourth-order valence-corrected chi connectivity index (χ4v) is 3.88. The summed E-state index contributed by atoms with van der Waals surface area (Å²) < 4.78 is 34.6. The number of rotatable bonds is 6. The first kappa shape index (κ1) is 19.5. The highest BCUT2D eigenvalue weighted by atomic mass is 79.9. The Morgan fingerprint density at radius 3 is 2.55 bits per heavy atom. The van der Waals surface area contributed by atoms with Gasteiger partial charge in [-0.15, -0.1) is 0 Å². The molecule has 4 rings (SSSR count). The number of imidazole rings is 1. The standard InChI is InChI=1S/C21H18BrN3O3S/c1-29(26,27)24-16-5-4-6-17(13-16)25-20-8-3-2-7-19(20)23-21(25)14-28-18-11-9-15(22)10-12-18/h2-13,24H,14H2,1H3. The molecule has 0 bridgehead atoms. The van der Waals surface area contributed by atoms with E-state index in [9.17, 15) is 8.42 Å². The number of para-hydroxylation sites is 2. The molecule has 0 fully saturated rings. The zero-order chi connectivity index (χ0) is 20.4. The van der Waals surface area contributed by atoms with Crippen LogP contribution in [0.4, 0.5) is 5.69 Å². The van der Waals surface area contributed by atoms with Gasteiger partial charge >= 0.3 is 0 Å². The van der Waals surface area contributed by atoms with Crippen molar-refractivity contribution < 1.29 is 13.2 Å². The van der Waals surface area contributed by atoms with Crippen LogP contribution >= 0.6 is 15.9 Å². The predicted octanol–water partition coefficient (Wildman–Crippen LogP) is 4.74. The van der Waals surface area contributed by atoms with Crippen LogP contribution in [0.1, 0.15) is 5.82 Å². The third-order valence-electron chi connectivity index (χ3n) is 4.22. The molecule has 29 heavy (non-hydrogen) atoms. The molecule has 8 heteroatoms. The largest absolute Gasteiger partial charge is 0.486 e. The molecule has 0 unspecified atom stereocenters. The van der Waals surface area contributed by atoms with E-state index in [1.807, 2.05) is 59.2 Å². The van der Waals surface area contributed by atoms with Crippen LogP contribution in [-0.4, -0.2) is 24.2 Å². The van der Waals surface area contributed by atoms with Gasteiger partial charge in [-0.3, -0.25) is 9.29 Å². The molecule has 0 spiro atoms. The number of nitrogens with one attached hydrogen (secondary N) is 1. The summed E-state index contributed by atoms with van der Waals surface area (Å²) in [6.45, 7) is 0.264. The van der Waals surface area contributed by atoms with Gasteiger partial charge in [0.05, 0.1) is 23.0 Å². The van der Waals surface area contributed by atoms with E-state index in [1.54, 1.807) is 18.2 Å². The van der Waals surface area contributed by atoms with Gasteiger partial charge in [0.15, 0.2) is 5.82 Å². The summed E-state index contributed by atoms with van der Waals surface area (Å²) >= 11 is 3.41. The molecule has 1 heterocycles. The number of hydrogen-bond donors (Lipinski definition) is 1. The van der Waals surface area contributed by atoms with Crippen molar-refractivity contribution >= 4 is 42.7 Å². The first-order valence-electron chi connectivity index (χ1n) is 8.82. The number of halogens is 1. The molecule has 0 amide bonds. The molecule has 6 nitrogen and oxygen atoms in total. The second kappa shape index (κ2) is 7.88. The van der Waals surface area contributed by atoms with Crippen LogP contribution in [0.3, 0.4) is 0 Å². The average molecular weight is 472 g/mol. The third-order valence-corrected chi connectivity index (χ3v) is 5.35. The maximum Gasteiger partial charge on any atom is 0.229 e. The lowest BCUT2D eigenvalue weighted by atomic mass is 10.2. The Morgan fingerprint density at radius 1 is 1.03 bits per heavy atom. The smallest absolute Gasteiger partial charge is 0.229 e. The van der Waals surface area contributed by atoms with E-state index >= 15 is 0 Å². The summed E-state index contributed by atoms with van der Waals surface area (Å²) in [6.07, 6.45) is 1.13. The first-order valence-corrected chi connectivity index (χ1v) is 11.5. The van der Waals surface area contributed by atoms with Crippen LogP contribution in [0.5, 0.6) is 5.75 Å². The Bertz CT molecular complexity index is 1270. The van der Waals surface area contributed by atoms with Crippen molar-refractivity contribution in [2.24, 2.45) is 0 Å². The Morgan fingerprint density at radius 2 is 1.79 bits per heavy atom. The average Bonchev–Trinajstić information content (AvgIpc) is 3.05. The van der Waals surface area contributed by atoms with Crippen LogP contribution in [0.25, 0.3) is 16.7 Å². The van der Waals surface area contributed by atoms with Gasteiger partial charge in [0, 0.05) is 10.2 Å². The second-order valence-corrected chi connectivity index (χ2v) is 9.18.